The van der Waals surface area contributed by atoms with Crippen LogP contribution in [-0.2, 0) is 20.1 Å². The molecule has 0 spiro atoms. The van der Waals surface area contributed by atoms with Gasteiger partial charge in [-0.05, 0) is 164 Å². The normalized spacial score (nSPS) is 14.2. The molecule has 2 aliphatic carbocycles. The summed E-state index contributed by atoms with van der Waals surface area (Å²) in [6.07, 6.45) is 0. The average Bonchev–Trinajstić information content (AvgIpc) is 1.57. The van der Waals surface area contributed by atoms with E-state index in [1.165, 1.54) is 44.5 Å². The van der Waals surface area contributed by atoms with Gasteiger partial charge in [-0.1, -0.05) is 360 Å². The molecule has 1 saturated heterocycles. The molecule has 0 bridgehead atoms. The van der Waals surface area contributed by atoms with E-state index >= 15 is 0 Å². The highest BCUT2D eigenvalue weighted by atomic mass is 79.9. The van der Waals surface area contributed by atoms with E-state index < -0.39 is 18.3 Å². The number of para-hydroxylation sites is 4. The molecule has 0 unspecified atom stereocenters. The number of benzene rings is 16. The molecule has 0 atom stereocenters. The van der Waals surface area contributed by atoms with Gasteiger partial charge in [-0.3, -0.25) is 0 Å². The molecule has 594 valence electrons. The van der Waals surface area contributed by atoms with E-state index in [9.17, 15) is 0 Å². The van der Waals surface area contributed by atoms with E-state index in [1.807, 2.05) is 121 Å². The molecule has 4 aromatic heterocycles. The average molecular weight is 1660 g/mol. The molecule has 0 N–H and O–H groups in total. The summed E-state index contributed by atoms with van der Waals surface area (Å²) in [5.41, 5.74) is 26.3. The van der Waals surface area contributed by atoms with Gasteiger partial charge < -0.3 is 18.1 Å². The van der Waals surface area contributed by atoms with E-state index in [1.54, 1.807) is 0 Å². The Bertz CT molecular complexity index is 7520. The SMILES string of the molecule is Brc1ccc(-c2nc(-c3ccccc3)nc(-c3cccc4ccccc34)n2)cc1.C.CC1(C)c2ccccc2-c2cc(-c3cccc4c3oc3ccccc34)c(-c3ccc(-c4nc(-c5ccccc5)nc(-c5cccc6ccccc56)n4)cc3)cc21.CC1(C)c2ccccc2-c2cc(-c3cccc4c3oc3ccccc34)c(B3OC(C)(C)C(C)(C)O3)cc21. The molecular formula is C111H86BBrN6O4. The molecule has 23 rings (SSSR count). The minimum absolute atomic E-state index is 0. The molecule has 10 nitrogen and oxygen atoms in total. The number of hydrogen-bond donors (Lipinski definition) is 0. The Hall–Kier alpha value is -13.9. The summed E-state index contributed by atoms with van der Waals surface area (Å²) in [5.74, 6) is 3.93. The first-order chi connectivity index (χ1) is 59.4. The predicted molar refractivity (Wildman–Crippen MR) is 510 cm³/mol. The summed E-state index contributed by atoms with van der Waals surface area (Å²) in [6.45, 7) is 17.7. The Morgan fingerprint density at radius 3 is 1.06 bits per heavy atom. The summed E-state index contributed by atoms with van der Waals surface area (Å²) in [6, 6.07) is 123. The fraction of sp³-hybridized carbons (Fsp3) is 0.117. The fourth-order valence-corrected chi connectivity index (χ4v) is 18.5. The summed E-state index contributed by atoms with van der Waals surface area (Å²) < 4.78 is 27.4. The van der Waals surface area contributed by atoms with Crippen molar-refractivity contribution in [3.8, 4) is 124 Å². The highest BCUT2D eigenvalue weighted by Gasteiger charge is 2.53. The zero-order chi connectivity index (χ0) is 82.8. The Kier molecular flexibility index (Phi) is 19.4. The Morgan fingerprint density at radius 2 is 0.577 bits per heavy atom. The minimum atomic E-state index is -0.482. The molecule has 5 heterocycles. The number of hydrogen-bond acceptors (Lipinski definition) is 10. The van der Waals surface area contributed by atoms with Crippen molar-refractivity contribution in [3.05, 3.63) is 379 Å². The van der Waals surface area contributed by atoms with Crippen molar-refractivity contribution in [2.24, 2.45) is 0 Å². The van der Waals surface area contributed by atoms with Crippen molar-refractivity contribution < 1.29 is 18.1 Å². The first-order valence-corrected chi connectivity index (χ1v) is 42.4. The molecule has 16 aromatic carbocycles. The van der Waals surface area contributed by atoms with Crippen LogP contribution in [0.3, 0.4) is 0 Å². The summed E-state index contributed by atoms with van der Waals surface area (Å²) in [5, 5.41) is 9.03. The summed E-state index contributed by atoms with van der Waals surface area (Å²) in [7, 11) is -0.482. The molecule has 3 aliphatic rings. The second-order valence-corrected chi connectivity index (χ2v) is 34.8. The molecule has 0 radical (unpaired) electrons. The van der Waals surface area contributed by atoms with Crippen molar-refractivity contribution in [1.29, 1.82) is 0 Å². The molecule has 1 fully saturated rings. The van der Waals surface area contributed by atoms with Gasteiger partial charge in [0.05, 0.1) is 11.2 Å². The van der Waals surface area contributed by atoms with Gasteiger partial charge in [0.2, 0.25) is 0 Å². The van der Waals surface area contributed by atoms with Crippen LogP contribution in [0.1, 0.15) is 85.1 Å². The maximum Gasteiger partial charge on any atom is 0.495 e. The van der Waals surface area contributed by atoms with Crippen molar-refractivity contribution in [1.82, 2.24) is 29.9 Å². The van der Waals surface area contributed by atoms with Gasteiger partial charge in [0.25, 0.3) is 0 Å². The maximum atomic E-state index is 6.64. The van der Waals surface area contributed by atoms with Crippen LogP contribution in [-0.4, -0.2) is 48.2 Å². The van der Waals surface area contributed by atoms with Gasteiger partial charge in [0.1, 0.15) is 22.3 Å². The first kappa shape index (κ1) is 77.7. The molecule has 12 heteroatoms. The fourth-order valence-electron chi connectivity index (χ4n) is 18.2. The quantitative estimate of drug-likeness (QED) is 0.122. The summed E-state index contributed by atoms with van der Waals surface area (Å²) >= 11 is 3.49. The lowest BCUT2D eigenvalue weighted by Gasteiger charge is -2.32. The highest BCUT2D eigenvalue weighted by molar-refractivity contribution is 9.10. The van der Waals surface area contributed by atoms with Crippen LogP contribution in [0, 0.1) is 0 Å². The number of nitrogens with zero attached hydrogens (tertiary/aromatic N) is 6. The van der Waals surface area contributed by atoms with E-state index in [4.69, 9.17) is 48.0 Å². The second-order valence-electron chi connectivity index (χ2n) is 33.9. The molecule has 123 heavy (non-hydrogen) atoms. The van der Waals surface area contributed by atoms with E-state index in [0.29, 0.717) is 34.9 Å². The summed E-state index contributed by atoms with van der Waals surface area (Å²) in [4.78, 5) is 29.7. The Morgan fingerprint density at radius 1 is 0.244 bits per heavy atom. The largest absolute Gasteiger partial charge is 0.495 e. The smallest absolute Gasteiger partial charge is 0.455 e. The van der Waals surface area contributed by atoms with Gasteiger partial charge in [0.15, 0.2) is 34.9 Å². The van der Waals surface area contributed by atoms with Crippen LogP contribution in [0.4, 0.5) is 0 Å². The molecular weight excluding hydrogens is 1570 g/mol. The van der Waals surface area contributed by atoms with Crippen LogP contribution >= 0.6 is 15.9 Å². The number of rotatable bonds is 10. The lowest BCUT2D eigenvalue weighted by atomic mass is 9.71. The third-order valence-electron chi connectivity index (χ3n) is 25.3. The van der Waals surface area contributed by atoms with E-state index in [2.05, 4.69) is 302 Å². The van der Waals surface area contributed by atoms with Crippen molar-refractivity contribution in [2.45, 2.75) is 84.8 Å². The van der Waals surface area contributed by atoms with E-state index in [-0.39, 0.29) is 18.3 Å². The Labute approximate surface area is 724 Å². The maximum absolute atomic E-state index is 6.64. The molecule has 20 aromatic rings. The van der Waals surface area contributed by atoms with Crippen molar-refractivity contribution >= 4 is 93.9 Å². The van der Waals surface area contributed by atoms with Crippen LogP contribution in [0.15, 0.2) is 365 Å². The monoisotopic (exact) mass is 1660 g/mol. The third kappa shape index (κ3) is 13.6. The number of aromatic nitrogens is 6. The Balaban J connectivity index is 0.000000124. The number of furan rings is 2. The first-order valence-electron chi connectivity index (χ1n) is 41.6. The molecule has 0 saturated carbocycles. The minimum Gasteiger partial charge on any atom is -0.455 e. The van der Waals surface area contributed by atoms with Crippen LogP contribution in [0.25, 0.3) is 189 Å². The molecule has 1 aliphatic heterocycles. The number of halogens is 1. The van der Waals surface area contributed by atoms with Crippen LogP contribution in [0.2, 0.25) is 0 Å². The van der Waals surface area contributed by atoms with Gasteiger partial charge >= 0.3 is 7.12 Å². The number of fused-ring (bicyclic) bond motifs is 14. The van der Waals surface area contributed by atoms with Gasteiger partial charge in [0, 0.05) is 81.4 Å². The van der Waals surface area contributed by atoms with Gasteiger partial charge in [-0.2, -0.15) is 0 Å². The lowest BCUT2D eigenvalue weighted by Crippen LogP contribution is -2.41. The zero-order valence-corrected chi connectivity index (χ0v) is 70.3. The third-order valence-corrected chi connectivity index (χ3v) is 25.9. The standard InChI is InChI=1S/C52H35N3O.C33H31BO3.C25H16BrN3.CH4/c1-52(2)45-24-10-8-19-37(45)44-30-43(40-22-13-21-39-38-20-9-11-25-47(38)56-48(39)40)42(31-46(44)52)33-26-28-35(29-27-33)50-53-49(34-15-4-3-5-16-34)54-51(55-50)41-23-12-17-32-14-6-7-18-36(32)41;1-31(2)26-16-9-7-12-20(26)24-18-25(28(19-27(24)31)34-36-32(3,4)33(5,6)37-34)23-15-11-14-22-21-13-8-10-17-29(21)35-30(22)23;26-20-15-13-19(14-16-20)24-27-23(18-8-2-1-3-9-18)28-25(29-24)22-12-6-10-17-7-4-5-11-21(17)22;/h3-31H,1-2H3;7-19H,1-6H3;1-16H;1H4. The topological polar surface area (TPSA) is 122 Å². The second kappa shape index (κ2) is 30.7. The molecule has 0 amide bonds. The van der Waals surface area contributed by atoms with Crippen molar-refractivity contribution in [2.75, 3.05) is 0 Å². The predicted octanol–water partition coefficient (Wildman–Crippen LogP) is 28.8. The zero-order valence-electron chi connectivity index (χ0n) is 68.8. The van der Waals surface area contributed by atoms with Gasteiger partial charge in [-0.15, -0.1) is 0 Å². The lowest BCUT2D eigenvalue weighted by molar-refractivity contribution is 0.00578. The van der Waals surface area contributed by atoms with Crippen LogP contribution < -0.4 is 5.46 Å². The van der Waals surface area contributed by atoms with Crippen molar-refractivity contribution in [3.63, 3.8) is 0 Å². The van der Waals surface area contributed by atoms with E-state index in [0.717, 1.165) is 142 Å². The van der Waals surface area contributed by atoms with Gasteiger partial charge in [-0.25, -0.2) is 29.9 Å². The van der Waals surface area contributed by atoms with Crippen LogP contribution in [0.5, 0.6) is 0 Å². The highest BCUT2D eigenvalue weighted by Crippen LogP contribution is 2.55.